The van der Waals surface area contributed by atoms with Crippen molar-refractivity contribution in [3.05, 3.63) is 47.3 Å². The van der Waals surface area contributed by atoms with Crippen LogP contribution in [0.4, 0.5) is 5.69 Å². The number of carbonyl (C=O) groups excluding carboxylic acids is 2. The van der Waals surface area contributed by atoms with Gasteiger partial charge < -0.3 is 9.64 Å². The monoisotopic (exact) mass is 371 g/mol. The normalized spacial score (nSPS) is 14.0. The van der Waals surface area contributed by atoms with Gasteiger partial charge in [0.25, 0.3) is 5.91 Å². The number of hydrogen-bond acceptors (Lipinski definition) is 6. The molecule has 3 rings (SSSR count). The van der Waals surface area contributed by atoms with E-state index in [9.17, 15) is 9.59 Å². The smallest absolute Gasteiger partial charge is 0.317 e. The molecule has 2 aromatic rings. The fourth-order valence-electron chi connectivity index (χ4n) is 2.95. The number of para-hydroxylation sites is 1. The molecule has 0 saturated heterocycles. The lowest BCUT2D eigenvalue weighted by atomic mass is 10.2. The van der Waals surface area contributed by atoms with Crippen LogP contribution in [0.3, 0.4) is 0 Å². The molecule has 1 aromatic carbocycles. The van der Waals surface area contributed by atoms with Crippen LogP contribution in [-0.2, 0) is 20.7 Å². The Labute approximate surface area is 157 Å². The molecule has 1 aliphatic rings. The third kappa shape index (κ3) is 4.22. The summed E-state index contributed by atoms with van der Waals surface area (Å²) in [6.07, 6.45) is -0.00271. The third-order valence-corrected chi connectivity index (χ3v) is 4.91. The third-order valence-electron chi connectivity index (χ3n) is 4.09. The molecule has 0 radical (unpaired) electrons. The summed E-state index contributed by atoms with van der Waals surface area (Å²) in [5.41, 5.74) is 3.74. The topological polar surface area (TPSA) is 72.4 Å². The van der Waals surface area contributed by atoms with Crippen molar-refractivity contribution in [2.24, 2.45) is 0 Å². The lowest BCUT2D eigenvalue weighted by Gasteiger charge is -2.21. The van der Waals surface area contributed by atoms with Gasteiger partial charge >= 0.3 is 5.97 Å². The average Bonchev–Trinajstić information content (AvgIpc) is 3.02. The molecule has 0 unspecified atom stereocenters. The summed E-state index contributed by atoms with van der Waals surface area (Å²) in [4.78, 5) is 35.0. The molecule has 1 aliphatic heterocycles. The van der Waals surface area contributed by atoms with Crippen LogP contribution >= 0.6 is 11.8 Å². The molecule has 0 aliphatic carbocycles. The van der Waals surface area contributed by atoms with Crippen molar-refractivity contribution in [3.63, 3.8) is 0 Å². The maximum atomic E-state index is 12.6. The van der Waals surface area contributed by atoms with Crippen molar-refractivity contribution in [2.45, 2.75) is 38.5 Å². The van der Waals surface area contributed by atoms with Crippen LogP contribution in [0.15, 0.2) is 35.5 Å². The van der Waals surface area contributed by atoms with E-state index in [0.717, 1.165) is 29.1 Å². The van der Waals surface area contributed by atoms with E-state index >= 15 is 0 Å². The Morgan fingerprint density at radius 2 is 1.92 bits per heavy atom. The molecule has 6 nitrogen and oxygen atoms in total. The number of rotatable bonds is 5. The first-order chi connectivity index (χ1) is 12.4. The Hall–Kier alpha value is -2.41. The second kappa shape index (κ2) is 7.86. The summed E-state index contributed by atoms with van der Waals surface area (Å²) in [6.45, 7) is 5.99. The number of esters is 1. The molecule has 7 heteroatoms. The maximum absolute atomic E-state index is 12.6. The first-order valence-electron chi connectivity index (χ1n) is 8.48. The van der Waals surface area contributed by atoms with E-state index in [-0.39, 0.29) is 11.7 Å². The number of benzene rings is 1. The number of thioether (sulfide) groups is 1. The average molecular weight is 371 g/mol. The maximum Gasteiger partial charge on any atom is 0.317 e. The van der Waals surface area contributed by atoms with E-state index in [2.05, 4.69) is 9.97 Å². The van der Waals surface area contributed by atoms with Crippen LogP contribution < -0.4 is 4.90 Å². The van der Waals surface area contributed by atoms with Crippen LogP contribution in [0.5, 0.6) is 0 Å². The second-order valence-corrected chi connectivity index (χ2v) is 7.17. The van der Waals surface area contributed by atoms with Gasteiger partial charge in [-0.3, -0.25) is 9.59 Å². The van der Waals surface area contributed by atoms with Gasteiger partial charge in [-0.15, -0.1) is 0 Å². The number of amides is 1. The number of carbonyl (C=O) groups is 2. The Kier molecular flexibility index (Phi) is 5.56. The zero-order valence-electron chi connectivity index (χ0n) is 15.1. The van der Waals surface area contributed by atoms with E-state index in [1.54, 1.807) is 11.8 Å². The Balaban J connectivity index is 1.55. The summed E-state index contributed by atoms with van der Waals surface area (Å²) < 4.78 is 5.32. The molecule has 1 atom stereocenters. The van der Waals surface area contributed by atoms with Crippen LogP contribution in [0.2, 0.25) is 0 Å². The van der Waals surface area contributed by atoms with E-state index in [1.807, 2.05) is 44.2 Å². The molecule has 1 amide bonds. The van der Waals surface area contributed by atoms with Crippen molar-refractivity contribution in [1.29, 1.82) is 0 Å². The van der Waals surface area contributed by atoms with E-state index in [0.29, 0.717) is 11.7 Å². The van der Waals surface area contributed by atoms with Crippen molar-refractivity contribution < 1.29 is 14.3 Å². The summed E-state index contributed by atoms with van der Waals surface area (Å²) >= 11 is 1.21. The number of nitrogens with zero attached hydrogens (tertiary/aromatic N) is 3. The zero-order chi connectivity index (χ0) is 18.7. The minimum atomic E-state index is -0.825. The Bertz CT molecular complexity index is 820. The van der Waals surface area contributed by atoms with Crippen LogP contribution in [0.25, 0.3) is 0 Å². The van der Waals surface area contributed by atoms with Crippen LogP contribution in [0.1, 0.15) is 23.9 Å². The summed E-state index contributed by atoms with van der Waals surface area (Å²) in [6, 6.07) is 9.67. The predicted molar refractivity (Wildman–Crippen MR) is 100 cm³/mol. The highest BCUT2D eigenvalue weighted by molar-refractivity contribution is 7.99. The van der Waals surface area contributed by atoms with Crippen LogP contribution in [-0.4, -0.2) is 40.2 Å². The molecule has 2 heterocycles. The summed E-state index contributed by atoms with van der Waals surface area (Å²) in [7, 11) is 0. The fourth-order valence-corrected chi connectivity index (χ4v) is 3.68. The van der Waals surface area contributed by atoms with Crippen LogP contribution in [0, 0.1) is 13.8 Å². The van der Waals surface area contributed by atoms with Crippen molar-refractivity contribution >= 4 is 29.3 Å². The minimum absolute atomic E-state index is 0.0666. The minimum Gasteiger partial charge on any atom is -0.452 e. The summed E-state index contributed by atoms with van der Waals surface area (Å²) in [5.74, 6) is -0.584. The number of aromatic nitrogens is 2. The van der Waals surface area contributed by atoms with Gasteiger partial charge in [-0.1, -0.05) is 30.0 Å². The predicted octanol–water partition coefficient (Wildman–Crippen LogP) is 2.71. The molecule has 0 N–H and O–H groups in total. The lowest BCUT2D eigenvalue weighted by Crippen LogP contribution is -2.39. The molecule has 26 heavy (non-hydrogen) atoms. The highest BCUT2D eigenvalue weighted by atomic mass is 32.2. The van der Waals surface area contributed by atoms with Crippen molar-refractivity contribution in [1.82, 2.24) is 9.97 Å². The molecule has 1 aromatic heterocycles. The Morgan fingerprint density at radius 1 is 1.23 bits per heavy atom. The second-order valence-electron chi connectivity index (χ2n) is 6.22. The van der Waals surface area contributed by atoms with Crippen molar-refractivity contribution in [2.75, 3.05) is 17.2 Å². The molecular weight excluding hydrogens is 350 g/mol. The van der Waals surface area contributed by atoms with Gasteiger partial charge in [-0.25, -0.2) is 9.97 Å². The van der Waals surface area contributed by atoms with Crippen molar-refractivity contribution in [3.8, 4) is 0 Å². The highest BCUT2D eigenvalue weighted by Gasteiger charge is 2.29. The number of ether oxygens (including phenoxy) is 1. The number of hydrogen-bond donors (Lipinski definition) is 0. The first-order valence-corrected chi connectivity index (χ1v) is 9.46. The zero-order valence-corrected chi connectivity index (χ0v) is 15.9. The van der Waals surface area contributed by atoms with Gasteiger partial charge in [0.15, 0.2) is 11.3 Å². The molecular formula is C19H21N3O3S. The number of fused-ring (bicyclic) bond motifs is 1. The molecule has 0 bridgehead atoms. The Morgan fingerprint density at radius 3 is 2.65 bits per heavy atom. The molecule has 0 fully saturated rings. The van der Waals surface area contributed by atoms with Gasteiger partial charge in [0, 0.05) is 23.6 Å². The molecule has 0 saturated carbocycles. The van der Waals surface area contributed by atoms with Gasteiger partial charge in [0.1, 0.15) is 0 Å². The fraction of sp³-hybridized carbons (Fsp3) is 0.368. The summed E-state index contributed by atoms with van der Waals surface area (Å²) in [5, 5.41) is 0.534. The molecule has 136 valence electrons. The highest BCUT2D eigenvalue weighted by Crippen LogP contribution is 2.28. The van der Waals surface area contributed by atoms with Gasteiger partial charge in [0.2, 0.25) is 0 Å². The SMILES string of the molecule is Cc1cc(C)nc(SCC(=O)O[C@@H](C)C(=O)N2CCc3ccccc32)n1. The van der Waals surface area contributed by atoms with Gasteiger partial charge in [-0.05, 0) is 44.9 Å². The number of anilines is 1. The quantitative estimate of drug-likeness (QED) is 0.457. The van der Waals surface area contributed by atoms with Gasteiger partial charge in [-0.2, -0.15) is 0 Å². The van der Waals surface area contributed by atoms with E-state index < -0.39 is 12.1 Å². The van der Waals surface area contributed by atoms with Gasteiger partial charge in [0.05, 0.1) is 5.75 Å². The first kappa shape index (κ1) is 18.4. The largest absolute Gasteiger partial charge is 0.452 e. The number of aryl methyl sites for hydroxylation is 2. The van der Waals surface area contributed by atoms with E-state index in [4.69, 9.17) is 4.74 Å². The van der Waals surface area contributed by atoms with E-state index in [1.165, 1.54) is 11.8 Å². The lowest BCUT2D eigenvalue weighted by molar-refractivity contribution is -0.151. The molecule has 0 spiro atoms. The standard InChI is InChI=1S/C19H21N3O3S/c1-12-10-13(2)21-19(20-12)26-11-17(23)25-14(3)18(24)22-9-8-15-6-4-5-7-16(15)22/h4-7,10,14H,8-9,11H2,1-3H3/t14-/m0/s1.